The van der Waals surface area contributed by atoms with E-state index in [0.717, 1.165) is 6.07 Å². The largest absolute Gasteiger partial charge is 0.392 e. The van der Waals surface area contributed by atoms with E-state index in [1.807, 2.05) is 0 Å². The number of hydrogen-bond acceptors (Lipinski definition) is 2. The zero-order valence-corrected chi connectivity index (χ0v) is 10.8. The number of likely N-dealkylation sites (N-methyl/N-ethyl adjacent to an activating group) is 1. The fourth-order valence-corrected chi connectivity index (χ4v) is 1.60. The number of nitrogens with two attached hydrogens (primary N) is 1. The second kappa shape index (κ2) is 5.93. The topological polar surface area (TPSA) is 46.3 Å². The van der Waals surface area contributed by atoms with Gasteiger partial charge in [0.1, 0.15) is 5.82 Å². The zero-order valence-electron chi connectivity index (χ0n) is 9.24. The van der Waals surface area contributed by atoms with Gasteiger partial charge in [-0.25, -0.2) is 4.39 Å². The van der Waals surface area contributed by atoms with Crippen molar-refractivity contribution in [3.8, 4) is 0 Å². The van der Waals surface area contributed by atoms with Gasteiger partial charge in [0.2, 0.25) is 0 Å². The Labute approximate surface area is 109 Å². The van der Waals surface area contributed by atoms with E-state index in [4.69, 9.17) is 29.6 Å². The van der Waals surface area contributed by atoms with Gasteiger partial charge in [-0.05, 0) is 25.1 Å². The Kier molecular flexibility index (Phi) is 4.84. The molecule has 0 unspecified atom stereocenters. The number of hydrogen-bond donors (Lipinski definition) is 1. The van der Waals surface area contributed by atoms with Gasteiger partial charge in [0.05, 0.1) is 16.6 Å². The number of nitrogens with zero attached hydrogens (tertiary/aromatic N) is 1. The SMILES string of the molecule is CCN(CC(N)=S)C(=O)c1ccc(Cl)c(F)c1. The van der Waals surface area contributed by atoms with Crippen molar-refractivity contribution < 1.29 is 9.18 Å². The predicted molar refractivity (Wildman–Crippen MR) is 69.8 cm³/mol. The molecule has 0 heterocycles. The summed E-state index contributed by atoms with van der Waals surface area (Å²) in [7, 11) is 0. The lowest BCUT2D eigenvalue weighted by atomic mass is 10.2. The van der Waals surface area contributed by atoms with Gasteiger partial charge in [-0.2, -0.15) is 0 Å². The molecule has 0 aliphatic heterocycles. The van der Waals surface area contributed by atoms with Crippen LogP contribution in [0.25, 0.3) is 0 Å². The quantitative estimate of drug-likeness (QED) is 0.857. The Morgan fingerprint density at radius 3 is 2.71 bits per heavy atom. The summed E-state index contributed by atoms with van der Waals surface area (Å²) in [5.74, 6) is -0.945. The summed E-state index contributed by atoms with van der Waals surface area (Å²) in [5, 5.41) is -0.0149. The lowest BCUT2D eigenvalue weighted by molar-refractivity contribution is 0.0787. The van der Waals surface area contributed by atoms with Gasteiger partial charge in [-0.1, -0.05) is 23.8 Å². The fourth-order valence-electron chi connectivity index (χ4n) is 1.33. The average molecular weight is 275 g/mol. The van der Waals surface area contributed by atoms with Crippen molar-refractivity contribution in [3.63, 3.8) is 0 Å². The van der Waals surface area contributed by atoms with Gasteiger partial charge in [0, 0.05) is 12.1 Å². The maximum absolute atomic E-state index is 13.2. The van der Waals surface area contributed by atoms with Crippen LogP contribution < -0.4 is 5.73 Å². The summed E-state index contributed by atoms with van der Waals surface area (Å²) in [6, 6.07) is 3.92. The van der Waals surface area contributed by atoms with Crippen LogP contribution >= 0.6 is 23.8 Å². The molecule has 0 saturated heterocycles. The third-order valence-corrected chi connectivity index (χ3v) is 2.62. The molecule has 0 fully saturated rings. The fraction of sp³-hybridized carbons (Fsp3) is 0.273. The van der Waals surface area contributed by atoms with Gasteiger partial charge in [0.15, 0.2) is 0 Å². The normalized spacial score (nSPS) is 10.1. The first-order valence-corrected chi connectivity index (χ1v) is 5.77. The summed E-state index contributed by atoms with van der Waals surface area (Å²) in [5.41, 5.74) is 5.61. The highest BCUT2D eigenvalue weighted by Gasteiger charge is 2.16. The highest BCUT2D eigenvalue weighted by atomic mass is 35.5. The first kappa shape index (κ1) is 13.9. The summed E-state index contributed by atoms with van der Waals surface area (Å²) >= 11 is 10.3. The number of rotatable bonds is 4. The smallest absolute Gasteiger partial charge is 0.254 e. The van der Waals surface area contributed by atoms with Crippen molar-refractivity contribution in [1.82, 2.24) is 4.90 Å². The first-order valence-electron chi connectivity index (χ1n) is 4.98. The van der Waals surface area contributed by atoms with E-state index < -0.39 is 5.82 Å². The van der Waals surface area contributed by atoms with Gasteiger partial charge >= 0.3 is 0 Å². The summed E-state index contributed by atoms with van der Waals surface area (Å²) < 4.78 is 13.2. The molecule has 1 aromatic carbocycles. The molecule has 0 radical (unpaired) electrons. The summed E-state index contributed by atoms with van der Waals surface area (Å²) in [6.07, 6.45) is 0. The van der Waals surface area contributed by atoms with E-state index in [9.17, 15) is 9.18 Å². The molecule has 0 aliphatic rings. The van der Waals surface area contributed by atoms with E-state index in [1.165, 1.54) is 17.0 Å². The minimum atomic E-state index is -0.621. The Morgan fingerprint density at radius 1 is 1.59 bits per heavy atom. The van der Waals surface area contributed by atoms with E-state index in [2.05, 4.69) is 0 Å². The van der Waals surface area contributed by atoms with Crippen LogP contribution in [0.15, 0.2) is 18.2 Å². The maximum atomic E-state index is 13.2. The molecule has 1 rings (SSSR count). The van der Waals surface area contributed by atoms with E-state index >= 15 is 0 Å². The van der Waals surface area contributed by atoms with Crippen LogP contribution in [0.2, 0.25) is 5.02 Å². The molecule has 0 spiro atoms. The van der Waals surface area contributed by atoms with Crippen molar-refractivity contribution in [1.29, 1.82) is 0 Å². The molecule has 1 amide bonds. The summed E-state index contributed by atoms with van der Waals surface area (Å²) in [6.45, 7) is 2.41. The number of amides is 1. The highest BCUT2D eigenvalue weighted by Crippen LogP contribution is 2.16. The van der Waals surface area contributed by atoms with Crippen LogP contribution in [-0.4, -0.2) is 28.9 Å². The molecule has 0 saturated carbocycles. The standard InChI is InChI=1S/C11H12ClFN2OS/c1-2-15(6-10(14)17)11(16)7-3-4-8(12)9(13)5-7/h3-5H,2,6H2,1H3,(H2,14,17). The monoisotopic (exact) mass is 274 g/mol. The number of carbonyl (C=O) groups excluding carboxylic acids is 1. The second-order valence-electron chi connectivity index (χ2n) is 3.41. The Bertz CT molecular complexity index is 453. The number of thiocarbonyl (C=S) groups is 1. The molecule has 6 heteroatoms. The van der Waals surface area contributed by atoms with Crippen molar-refractivity contribution in [2.45, 2.75) is 6.92 Å². The van der Waals surface area contributed by atoms with E-state index in [-0.39, 0.29) is 28.0 Å². The summed E-state index contributed by atoms with van der Waals surface area (Å²) in [4.78, 5) is 13.6. The van der Waals surface area contributed by atoms with Crippen LogP contribution in [-0.2, 0) is 0 Å². The Morgan fingerprint density at radius 2 is 2.24 bits per heavy atom. The molecule has 2 N–H and O–H groups in total. The molecule has 3 nitrogen and oxygen atoms in total. The molecular formula is C11H12ClFN2OS. The van der Waals surface area contributed by atoms with E-state index in [1.54, 1.807) is 6.92 Å². The predicted octanol–water partition coefficient (Wildman–Crippen LogP) is 2.23. The van der Waals surface area contributed by atoms with E-state index in [0.29, 0.717) is 6.54 Å². The first-order chi connectivity index (χ1) is 7.95. The molecule has 0 bridgehead atoms. The molecule has 17 heavy (non-hydrogen) atoms. The molecule has 1 aromatic rings. The Hall–Kier alpha value is -1.20. The van der Waals surface area contributed by atoms with Crippen LogP contribution in [0.1, 0.15) is 17.3 Å². The third kappa shape index (κ3) is 3.64. The lowest BCUT2D eigenvalue weighted by Gasteiger charge is -2.20. The molecule has 0 aromatic heterocycles. The van der Waals surface area contributed by atoms with Gasteiger partial charge < -0.3 is 10.6 Å². The average Bonchev–Trinajstić information content (AvgIpc) is 2.28. The molecule has 0 aliphatic carbocycles. The van der Waals surface area contributed by atoms with Gasteiger partial charge in [-0.3, -0.25) is 4.79 Å². The lowest BCUT2D eigenvalue weighted by Crippen LogP contribution is -2.37. The van der Waals surface area contributed by atoms with Crippen molar-refractivity contribution in [3.05, 3.63) is 34.6 Å². The number of halogens is 2. The number of benzene rings is 1. The maximum Gasteiger partial charge on any atom is 0.254 e. The van der Waals surface area contributed by atoms with Crippen LogP contribution in [0, 0.1) is 5.82 Å². The van der Waals surface area contributed by atoms with Crippen molar-refractivity contribution >= 4 is 34.7 Å². The second-order valence-corrected chi connectivity index (χ2v) is 4.35. The zero-order chi connectivity index (χ0) is 13.0. The van der Waals surface area contributed by atoms with Gasteiger partial charge in [0.25, 0.3) is 5.91 Å². The molecule has 92 valence electrons. The third-order valence-electron chi connectivity index (χ3n) is 2.18. The molecule has 0 atom stereocenters. The van der Waals surface area contributed by atoms with Crippen molar-refractivity contribution in [2.24, 2.45) is 5.73 Å². The van der Waals surface area contributed by atoms with Gasteiger partial charge in [-0.15, -0.1) is 0 Å². The van der Waals surface area contributed by atoms with Crippen LogP contribution in [0.4, 0.5) is 4.39 Å². The minimum Gasteiger partial charge on any atom is -0.392 e. The molecular weight excluding hydrogens is 263 g/mol. The highest BCUT2D eigenvalue weighted by molar-refractivity contribution is 7.80. The van der Waals surface area contributed by atoms with Crippen LogP contribution in [0.5, 0.6) is 0 Å². The number of carbonyl (C=O) groups is 1. The minimum absolute atomic E-state index is 0.0149. The van der Waals surface area contributed by atoms with Crippen LogP contribution in [0.3, 0.4) is 0 Å². The van der Waals surface area contributed by atoms with Crippen molar-refractivity contribution in [2.75, 3.05) is 13.1 Å². The Balaban J connectivity index is 2.93.